The van der Waals surface area contributed by atoms with Crippen LogP contribution >= 0.6 is 11.3 Å². The van der Waals surface area contributed by atoms with Gasteiger partial charge in [0.25, 0.3) is 0 Å². The maximum absolute atomic E-state index is 12.1. The van der Waals surface area contributed by atoms with Crippen molar-refractivity contribution in [3.05, 3.63) is 22.4 Å². The molecule has 17 heavy (non-hydrogen) atoms. The molecule has 0 unspecified atom stereocenters. The number of thiophene rings is 1. The van der Waals surface area contributed by atoms with E-state index in [2.05, 4.69) is 4.90 Å². The first-order valence-corrected chi connectivity index (χ1v) is 7.48. The van der Waals surface area contributed by atoms with E-state index < -0.39 is 0 Å². The molecule has 2 aliphatic rings. The quantitative estimate of drug-likeness (QED) is 0.692. The van der Waals surface area contributed by atoms with Crippen molar-refractivity contribution in [3.8, 4) is 0 Å². The van der Waals surface area contributed by atoms with Crippen LogP contribution in [0.1, 0.15) is 35.4 Å². The monoisotopic (exact) mass is 249 g/mol. The van der Waals surface area contributed by atoms with E-state index in [1.54, 1.807) is 11.3 Å². The maximum atomic E-state index is 12.1. The van der Waals surface area contributed by atoms with E-state index in [1.807, 2.05) is 17.5 Å². The van der Waals surface area contributed by atoms with Crippen molar-refractivity contribution in [1.29, 1.82) is 0 Å². The van der Waals surface area contributed by atoms with Gasteiger partial charge in [-0.3, -0.25) is 9.69 Å². The first-order chi connectivity index (χ1) is 8.31. The zero-order chi connectivity index (χ0) is 11.7. The Labute approximate surface area is 107 Å². The summed E-state index contributed by atoms with van der Waals surface area (Å²) in [6.07, 6.45) is 5.48. The number of carbonyl (C=O) groups excluding carboxylic acids is 1. The van der Waals surface area contributed by atoms with Crippen molar-refractivity contribution in [1.82, 2.24) is 4.90 Å². The highest BCUT2D eigenvalue weighted by Gasteiger charge is 2.30. The van der Waals surface area contributed by atoms with Crippen molar-refractivity contribution in [2.75, 3.05) is 19.6 Å². The summed E-state index contributed by atoms with van der Waals surface area (Å²) in [5.41, 5.74) is 0. The molecule has 1 heterocycles. The van der Waals surface area contributed by atoms with Gasteiger partial charge >= 0.3 is 0 Å². The summed E-state index contributed by atoms with van der Waals surface area (Å²) in [6, 6.07) is 3.91. The van der Waals surface area contributed by atoms with Crippen molar-refractivity contribution in [2.45, 2.75) is 25.7 Å². The number of hydrogen-bond donors (Lipinski definition) is 0. The van der Waals surface area contributed by atoms with Crippen LogP contribution in [-0.4, -0.2) is 30.3 Å². The van der Waals surface area contributed by atoms with Gasteiger partial charge < -0.3 is 0 Å². The van der Waals surface area contributed by atoms with Gasteiger partial charge in [-0.1, -0.05) is 6.07 Å². The first kappa shape index (κ1) is 11.4. The van der Waals surface area contributed by atoms with Crippen LogP contribution in [-0.2, 0) is 0 Å². The number of hydrogen-bond acceptors (Lipinski definition) is 3. The van der Waals surface area contributed by atoms with Crippen LogP contribution in [0.3, 0.4) is 0 Å². The van der Waals surface area contributed by atoms with Gasteiger partial charge in [0.15, 0.2) is 5.78 Å². The fourth-order valence-electron chi connectivity index (χ4n) is 2.25. The molecule has 3 heteroatoms. The SMILES string of the molecule is O=C(CN(CC1CC1)CC1CC1)c1cccs1. The Bertz CT molecular complexity index is 365. The zero-order valence-electron chi connectivity index (χ0n) is 10.1. The predicted octanol–water partition coefficient (Wildman–Crippen LogP) is 3.05. The van der Waals surface area contributed by atoms with E-state index in [9.17, 15) is 4.79 Å². The van der Waals surface area contributed by atoms with Crippen LogP contribution in [0.25, 0.3) is 0 Å². The summed E-state index contributed by atoms with van der Waals surface area (Å²) in [4.78, 5) is 15.4. The summed E-state index contributed by atoms with van der Waals surface area (Å²) in [5.74, 6) is 2.07. The standard InChI is InChI=1S/C14H19NOS/c16-13(14-2-1-7-17-14)10-15(8-11-3-4-11)9-12-5-6-12/h1-2,7,11-12H,3-6,8-10H2. The van der Waals surface area contributed by atoms with Gasteiger partial charge in [-0.15, -0.1) is 11.3 Å². The lowest BCUT2D eigenvalue weighted by molar-refractivity contribution is 0.0928. The smallest absolute Gasteiger partial charge is 0.186 e. The molecule has 2 saturated carbocycles. The Balaban J connectivity index is 1.55. The summed E-state index contributed by atoms with van der Waals surface area (Å²) in [5, 5.41) is 1.99. The highest BCUT2D eigenvalue weighted by molar-refractivity contribution is 7.12. The molecule has 1 aromatic heterocycles. The Morgan fingerprint density at radius 1 is 1.24 bits per heavy atom. The van der Waals surface area contributed by atoms with Gasteiger partial charge in [0.1, 0.15) is 0 Å². The van der Waals surface area contributed by atoms with E-state index >= 15 is 0 Å². The first-order valence-electron chi connectivity index (χ1n) is 6.60. The fraction of sp³-hybridized carbons (Fsp3) is 0.643. The third kappa shape index (κ3) is 3.39. The number of rotatable bonds is 7. The molecule has 0 aromatic carbocycles. The molecule has 0 spiro atoms. The number of carbonyl (C=O) groups is 1. The van der Waals surface area contributed by atoms with Crippen molar-refractivity contribution in [2.24, 2.45) is 11.8 Å². The van der Waals surface area contributed by atoms with E-state index in [-0.39, 0.29) is 0 Å². The average Bonchev–Trinajstić information content (AvgIpc) is 3.22. The minimum absolute atomic E-state index is 0.307. The molecule has 2 aliphatic carbocycles. The van der Waals surface area contributed by atoms with Gasteiger partial charge in [-0.05, 0) is 49.0 Å². The molecule has 0 radical (unpaired) electrons. The summed E-state index contributed by atoms with van der Waals surface area (Å²) in [6.45, 7) is 2.93. The molecule has 0 bridgehead atoms. The molecule has 3 rings (SSSR count). The molecule has 0 amide bonds. The van der Waals surface area contributed by atoms with Crippen molar-refractivity contribution < 1.29 is 4.79 Å². The Hall–Kier alpha value is -0.670. The van der Waals surface area contributed by atoms with Gasteiger partial charge in [0.2, 0.25) is 0 Å². The van der Waals surface area contributed by atoms with Crippen LogP contribution in [0.4, 0.5) is 0 Å². The second-order valence-corrected chi connectivity index (χ2v) is 6.43. The molecule has 1 aromatic rings. The summed E-state index contributed by atoms with van der Waals surface area (Å²) < 4.78 is 0. The third-order valence-corrected chi connectivity index (χ3v) is 4.50. The van der Waals surface area contributed by atoms with Gasteiger partial charge in [-0.2, -0.15) is 0 Å². The van der Waals surface area contributed by atoms with Crippen LogP contribution in [0.2, 0.25) is 0 Å². The van der Waals surface area contributed by atoms with Gasteiger partial charge in [0, 0.05) is 13.1 Å². The van der Waals surface area contributed by atoms with Crippen LogP contribution in [0, 0.1) is 11.8 Å². The highest BCUT2D eigenvalue weighted by Crippen LogP contribution is 2.33. The Morgan fingerprint density at radius 3 is 2.35 bits per heavy atom. The minimum Gasteiger partial charge on any atom is -0.295 e. The second kappa shape index (κ2) is 4.91. The molecule has 92 valence electrons. The summed E-state index contributed by atoms with van der Waals surface area (Å²) >= 11 is 1.57. The van der Waals surface area contributed by atoms with Crippen LogP contribution in [0.5, 0.6) is 0 Å². The molecule has 2 fully saturated rings. The third-order valence-electron chi connectivity index (χ3n) is 3.59. The Kier molecular flexibility index (Phi) is 3.30. The zero-order valence-corrected chi connectivity index (χ0v) is 10.9. The molecule has 2 nitrogen and oxygen atoms in total. The largest absolute Gasteiger partial charge is 0.295 e. The minimum atomic E-state index is 0.307. The van der Waals surface area contributed by atoms with Crippen LogP contribution in [0.15, 0.2) is 17.5 Å². The topological polar surface area (TPSA) is 20.3 Å². The summed E-state index contributed by atoms with van der Waals surface area (Å²) in [7, 11) is 0. The van der Waals surface area contributed by atoms with Gasteiger partial charge in [0.05, 0.1) is 11.4 Å². The van der Waals surface area contributed by atoms with E-state index in [0.29, 0.717) is 12.3 Å². The van der Waals surface area contributed by atoms with E-state index in [0.717, 1.165) is 29.8 Å². The van der Waals surface area contributed by atoms with Crippen molar-refractivity contribution >= 4 is 17.1 Å². The maximum Gasteiger partial charge on any atom is 0.186 e. The molecule has 0 aliphatic heterocycles. The van der Waals surface area contributed by atoms with Crippen molar-refractivity contribution in [3.63, 3.8) is 0 Å². The molecule has 0 N–H and O–H groups in total. The highest BCUT2D eigenvalue weighted by atomic mass is 32.1. The molecule has 0 atom stereocenters. The average molecular weight is 249 g/mol. The van der Waals surface area contributed by atoms with Gasteiger partial charge in [-0.25, -0.2) is 0 Å². The molecule has 0 saturated heterocycles. The predicted molar refractivity (Wildman–Crippen MR) is 70.5 cm³/mol. The lowest BCUT2D eigenvalue weighted by atomic mass is 10.2. The van der Waals surface area contributed by atoms with Crippen LogP contribution < -0.4 is 0 Å². The fourth-order valence-corrected chi connectivity index (χ4v) is 2.91. The lowest BCUT2D eigenvalue weighted by Crippen LogP contribution is -2.33. The second-order valence-electron chi connectivity index (χ2n) is 5.48. The number of nitrogens with zero attached hydrogens (tertiary/aromatic N) is 1. The number of ketones is 1. The van der Waals surface area contributed by atoms with E-state index in [4.69, 9.17) is 0 Å². The lowest BCUT2D eigenvalue weighted by Gasteiger charge is -2.20. The normalized spacial score (nSPS) is 19.8. The molecular weight excluding hydrogens is 230 g/mol. The van der Waals surface area contributed by atoms with E-state index in [1.165, 1.54) is 25.7 Å². The Morgan fingerprint density at radius 2 is 1.88 bits per heavy atom. The molecular formula is C14H19NOS. The number of Topliss-reactive ketones (excluding diaryl/α,β-unsaturated/α-hetero) is 1.